The van der Waals surface area contributed by atoms with Gasteiger partial charge >= 0.3 is 0 Å². The zero-order valence-corrected chi connectivity index (χ0v) is 7.31. The van der Waals surface area contributed by atoms with Crippen LogP contribution < -0.4 is 5.11 Å². The Labute approximate surface area is 73.6 Å². The maximum Gasteiger partial charge on any atom is 0.178 e. The Kier molecular flexibility index (Phi) is 2.60. The SMILES string of the molecule is Cc1ccc(C(=O)CC(=O)[O-])s1. The van der Waals surface area contributed by atoms with Crippen LogP contribution in [0.25, 0.3) is 0 Å². The van der Waals surface area contributed by atoms with Crippen LogP contribution in [-0.2, 0) is 4.79 Å². The Morgan fingerprint density at radius 2 is 2.17 bits per heavy atom. The predicted molar refractivity (Wildman–Crippen MR) is 43.0 cm³/mol. The number of hydrogen-bond donors (Lipinski definition) is 0. The Hall–Kier alpha value is -1.16. The third-order valence-corrected chi connectivity index (χ3v) is 2.36. The van der Waals surface area contributed by atoms with Crippen molar-refractivity contribution in [3.63, 3.8) is 0 Å². The van der Waals surface area contributed by atoms with Crippen LogP contribution in [-0.4, -0.2) is 11.8 Å². The second-order valence-corrected chi connectivity index (χ2v) is 3.67. The van der Waals surface area contributed by atoms with Crippen LogP contribution in [0, 0.1) is 6.92 Å². The molecule has 0 saturated heterocycles. The van der Waals surface area contributed by atoms with Gasteiger partial charge in [-0.2, -0.15) is 0 Å². The molecule has 0 atom stereocenters. The Morgan fingerprint density at radius 3 is 2.58 bits per heavy atom. The van der Waals surface area contributed by atoms with Crippen LogP contribution in [0.3, 0.4) is 0 Å². The molecule has 0 bridgehead atoms. The van der Waals surface area contributed by atoms with Crippen molar-refractivity contribution in [3.05, 3.63) is 21.9 Å². The standard InChI is InChI=1S/C8H8O3S/c1-5-2-3-7(12-5)6(9)4-8(10)11/h2-3H,4H2,1H3,(H,10,11)/p-1. The van der Waals surface area contributed by atoms with E-state index in [0.717, 1.165) is 4.88 Å². The van der Waals surface area contributed by atoms with E-state index < -0.39 is 12.4 Å². The monoisotopic (exact) mass is 183 g/mol. The molecule has 0 spiro atoms. The van der Waals surface area contributed by atoms with Crippen molar-refractivity contribution < 1.29 is 14.7 Å². The maximum atomic E-state index is 11.1. The van der Waals surface area contributed by atoms with Crippen molar-refractivity contribution in [3.8, 4) is 0 Å². The van der Waals surface area contributed by atoms with E-state index in [2.05, 4.69) is 0 Å². The molecule has 1 heterocycles. The molecule has 0 aliphatic carbocycles. The van der Waals surface area contributed by atoms with E-state index in [9.17, 15) is 14.7 Å². The number of ketones is 1. The number of aryl methyl sites for hydroxylation is 1. The highest BCUT2D eigenvalue weighted by molar-refractivity contribution is 7.14. The quantitative estimate of drug-likeness (QED) is 0.502. The number of hydrogen-bond acceptors (Lipinski definition) is 4. The van der Waals surface area contributed by atoms with Gasteiger partial charge in [0.2, 0.25) is 0 Å². The first kappa shape index (κ1) is 8.93. The summed E-state index contributed by atoms with van der Waals surface area (Å²) in [6.45, 7) is 1.86. The molecule has 0 aliphatic heterocycles. The maximum absolute atomic E-state index is 11.1. The van der Waals surface area contributed by atoms with Gasteiger partial charge in [0.1, 0.15) is 0 Å². The Balaban J connectivity index is 2.72. The summed E-state index contributed by atoms with van der Waals surface area (Å²) in [5.41, 5.74) is 0. The van der Waals surface area contributed by atoms with Crippen molar-refractivity contribution in [1.82, 2.24) is 0 Å². The molecule has 0 N–H and O–H groups in total. The number of thiophene rings is 1. The summed E-state index contributed by atoms with van der Waals surface area (Å²) in [5, 5.41) is 10.1. The van der Waals surface area contributed by atoms with Gasteiger partial charge in [0, 0.05) is 10.8 Å². The van der Waals surface area contributed by atoms with Gasteiger partial charge in [-0.15, -0.1) is 11.3 Å². The normalized spacial score (nSPS) is 9.75. The summed E-state index contributed by atoms with van der Waals surface area (Å²) in [6.07, 6.45) is -0.528. The summed E-state index contributed by atoms with van der Waals surface area (Å²) in [4.78, 5) is 22.6. The van der Waals surface area contributed by atoms with Crippen LogP contribution >= 0.6 is 11.3 Å². The molecule has 0 aromatic carbocycles. The largest absolute Gasteiger partial charge is 0.550 e. The van der Waals surface area contributed by atoms with E-state index in [1.165, 1.54) is 11.3 Å². The number of rotatable bonds is 3. The highest BCUT2D eigenvalue weighted by atomic mass is 32.1. The van der Waals surface area contributed by atoms with Gasteiger partial charge in [-0.25, -0.2) is 0 Å². The van der Waals surface area contributed by atoms with Gasteiger partial charge in [0.15, 0.2) is 5.78 Å². The van der Waals surface area contributed by atoms with Crippen molar-refractivity contribution in [2.45, 2.75) is 13.3 Å². The molecule has 64 valence electrons. The predicted octanol–water partition coefficient (Wildman–Crippen LogP) is 0.379. The fourth-order valence-corrected chi connectivity index (χ4v) is 1.61. The minimum atomic E-state index is -1.33. The van der Waals surface area contributed by atoms with E-state index in [-0.39, 0.29) is 5.78 Å². The number of aliphatic carboxylic acids is 1. The summed E-state index contributed by atoms with van der Waals surface area (Å²) in [7, 11) is 0. The average Bonchev–Trinajstić information content (AvgIpc) is 2.34. The lowest BCUT2D eigenvalue weighted by Crippen LogP contribution is -2.24. The summed E-state index contributed by atoms with van der Waals surface area (Å²) < 4.78 is 0. The highest BCUT2D eigenvalue weighted by Gasteiger charge is 2.07. The molecule has 0 fully saturated rings. The average molecular weight is 183 g/mol. The summed E-state index contributed by atoms with van der Waals surface area (Å²) in [6, 6.07) is 3.42. The minimum absolute atomic E-state index is 0.381. The lowest BCUT2D eigenvalue weighted by Gasteiger charge is -1.97. The summed E-state index contributed by atoms with van der Waals surface area (Å²) >= 11 is 1.30. The molecule has 0 radical (unpaired) electrons. The van der Waals surface area contributed by atoms with Crippen molar-refractivity contribution >= 4 is 23.1 Å². The van der Waals surface area contributed by atoms with E-state index in [1.807, 2.05) is 6.92 Å². The number of carboxylic acid groups (broad SMARTS) is 1. The van der Waals surface area contributed by atoms with Crippen molar-refractivity contribution in [2.24, 2.45) is 0 Å². The minimum Gasteiger partial charge on any atom is -0.550 e. The zero-order valence-electron chi connectivity index (χ0n) is 6.49. The lowest BCUT2D eigenvalue weighted by molar-refractivity contribution is -0.304. The second-order valence-electron chi connectivity index (χ2n) is 2.38. The molecule has 0 aliphatic rings. The molecular formula is C8H7O3S-. The van der Waals surface area contributed by atoms with E-state index in [4.69, 9.17) is 0 Å². The number of carbonyl (C=O) groups is 2. The fourth-order valence-electron chi connectivity index (χ4n) is 0.803. The highest BCUT2D eigenvalue weighted by Crippen LogP contribution is 2.16. The van der Waals surface area contributed by atoms with E-state index in [0.29, 0.717) is 4.88 Å². The Bertz CT molecular complexity index is 314. The molecule has 3 nitrogen and oxygen atoms in total. The first-order chi connectivity index (χ1) is 5.59. The van der Waals surface area contributed by atoms with Gasteiger partial charge < -0.3 is 9.90 Å². The van der Waals surface area contributed by atoms with Gasteiger partial charge in [0.05, 0.1) is 11.3 Å². The van der Waals surface area contributed by atoms with E-state index in [1.54, 1.807) is 12.1 Å². The topological polar surface area (TPSA) is 57.2 Å². The van der Waals surface area contributed by atoms with Crippen molar-refractivity contribution in [1.29, 1.82) is 0 Å². The van der Waals surface area contributed by atoms with Gasteiger partial charge in [-0.1, -0.05) is 0 Å². The smallest absolute Gasteiger partial charge is 0.178 e. The van der Waals surface area contributed by atoms with E-state index >= 15 is 0 Å². The first-order valence-corrected chi connectivity index (χ1v) is 4.20. The van der Waals surface area contributed by atoms with Crippen LogP contribution in [0.1, 0.15) is 21.0 Å². The molecule has 12 heavy (non-hydrogen) atoms. The molecule has 4 heteroatoms. The first-order valence-electron chi connectivity index (χ1n) is 3.39. The molecule has 1 aromatic heterocycles. The molecule has 0 saturated carbocycles. The second kappa shape index (κ2) is 3.49. The summed E-state index contributed by atoms with van der Waals surface area (Å²) in [5.74, 6) is -1.71. The number of Topliss-reactive ketones (excluding diaryl/α,β-unsaturated/α-hetero) is 1. The Morgan fingerprint density at radius 1 is 1.50 bits per heavy atom. The molecule has 0 unspecified atom stereocenters. The number of carbonyl (C=O) groups excluding carboxylic acids is 2. The molecule has 1 rings (SSSR count). The van der Waals surface area contributed by atoms with Crippen molar-refractivity contribution in [2.75, 3.05) is 0 Å². The third kappa shape index (κ3) is 2.17. The molecule has 0 amide bonds. The third-order valence-electron chi connectivity index (χ3n) is 1.32. The van der Waals surface area contributed by atoms with Gasteiger partial charge in [0.25, 0.3) is 0 Å². The number of carboxylic acids is 1. The van der Waals surface area contributed by atoms with Crippen LogP contribution in [0.4, 0.5) is 0 Å². The van der Waals surface area contributed by atoms with Crippen LogP contribution in [0.2, 0.25) is 0 Å². The van der Waals surface area contributed by atoms with Crippen LogP contribution in [0.5, 0.6) is 0 Å². The van der Waals surface area contributed by atoms with Crippen LogP contribution in [0.15, 0.2) is 12.1 Å². The zero-order chi connectivity index (χ0) is 9.14. The van der Waals surface area contributed by atoms with Gasteiger partial charge in [-0.3, -0.25) is 4.79 Å². The van der Waals surface area contributed by atoms with Gasteiger partial charge in [-0.05, 0) is 19.1 Å². The molecular weight excluding hydrogens is 176 g/mol. The molecule has 1 aromatic rings. The fraction of sp³-hybridized carbons (Fsp3) is 0.250. The lowest BCUT2D eigenvalue weighted by atomic mass is 10.2.